The molecule has 2 aromatic carbocycles. The molecule has 0 saturated carbocycles. The summed E-state index contributed by atoms with van der Waals surface area (Å²) in [4.78, 5) is 17.7. The number of rotatable bonds is 5. The lowest BCUT2D eigenvalue weighted by Gasteiger charge is -2.36. The van der Waals surface area contributed by atoms with Gasteiger partial charge in [0.2, 0.25) is 0 Å². The third-order valence-corrected chi connectivity index (χ3v) is 6.53. The third-order valence-electron chi connectivity index (χ3n) is 6.53. The van der Waals surface area contributed by atoms with Crippen LogP contribution in [0.5, 0.6) is 0 Å². The van der Waals surface area contributed by atoms with Crippen LogP contribution in [-0.2, 0) is 13.0 Å². The maximum Gasteiger partial charge on any atom is 0.272 e. The lowest BCUT2D eigenvalue weighted by molar-refractivity contribution is 0.0630. The van der Waals surface area contributed by atoms with Crippen LogP contribution in [0.25, 0.3) is 10.9 Å². The topological polar surface area (TPSA) is 41.4 Å². The first-order valence-corrected chi connectivity index (χ1v) is 10.9. The summed E-state index contributed by atoms with van der Waals surface area (Å²) in [6.45, 7) is 5.48. The molecule has 2 aliphatic heterocycles. The fourth-order valence-corrected chi connectivity index (χ4v) is 4.75. The molecule has 1 fully saturated rings. The molecular formula is C24H28ClFN4O. The fraction of sp³-hybridized carbons (Fsp3) is 0.417. The van der Waals surface area contributed by atoms with E-state index in [0.29, 0.717) is 5.92 Å². The maximum atomic E-state index is 13.1. The monoisotopic (exact) mass is 442 g/mol. The van der Waals surface area contributed by atoms with Gasteiger partial charge in [-0.3, -0.25) is 9.48 Å². The van der Waals surface area contributed by atoms with Crippen molar-refractivity contribution in [1.82, 2.24) is 19.6 Å². The molecule has 0 aliphatic carbocycles. The standard InChI is InChI=1S/C24H27FN4O.ClH/c25-20-7-5-18(6-8-20)9-12-27-13-10-19(11-14-27)17-28-15-16-29-23(24(28)30)21-3-1-2-4-22(21)26-29;/h1-8,19H,9-17H2;1H. The average molecular weight is 443 g/mol. The summed E-state index contributed by atoms with van der Waals surface area (Å²) in [5.41, 5.74) is 2.83. The number of likely N-dealkylation sites (tertiary alicyclic amines) is 1. The number of hydrogen-bond donors (Lipinski definition) is 0. The van der Waals surface area contributed by atoms with Gasteiger partial charge in [0.15, 0.2) is 0 Å². The van der Waals surface area contributed by atoms with E-state index in [9.17, 15) is 9.18 Å². The molecule has 3 aromatic rings. The summed E-state index contributed by atoms with van der Waals surface area (Å²) in [6, 6.07) is 14.7. The highest BCUT2D eigenvalue weighted by Crippen LogP contribution is 2.25. The first-order valence-electron chi connectivity index (χ1n) is 10.9. The van der Waals surface area contributed by atoms with E-state index >= 15 is 0 Å². The van der Waals surface area contributed by atoms with Crippen molar-refractivity contribution in [3.63, 3.8) is 0 Å². The van der Waals surface area contributed by atoms with Crippen LogP contribution in [0, 0.1) is 11.7 Å². The predicted molar refractivity (Wildman–Crippen MR) is 122 cm³/mol. The van der Waals surface area contributed by atoms with Crippen molar-refractivity contribution in [2.45, 2.75) is 25.8 Å². The average Bonchev–Trinajstić information content (AvgIpc) is 3.16. The van der Waals surface area contributed by atoms with Gasteiger partial charge in [0, 0.05) is 25.0 Å². The number of nitrogens with zero attached hydrogens (tertiary/aromatic N) is 4. The van der Waals surface area contributed by atoms with Crippen LogP contribution in [0.15, 0.2) is 48.5 Å². The van der Waals surface area contributed by atoms with Crippen LogP contribution < -0.4 is 0 Å². The molecule has 1 aromatic heterocycles. The summed E-state index contributed by atoms with van der Waals surface area (Å²) in [5.74, 6) is 0.494. The van der Waals surface area contributed by atoms with Gasteiger partial charge in [0.25, 0.3) is 5.91 Å². The van der Waals surface area contributed by atoms with Gasteiger partial charge in [-0.15, -0.1) is 12.4 Å². The second-order valence-electron chi connectivity index (χ2n) is 8.50. The lowest BCUT2D eigenvalue weighted by Crippen LogP contribution is -2.45. The van der Waals surface area contributed by atoms with E-state index in [4.69, 9.17) is 0 Å². The summed E-state index contributed by atoms with van der Waals surface area (Å²) in [5, 5.41) is 5.55. The zero-order valence-electron chi connectivity index (χ0n) is 17.5. The maximum absolute atomic E-state index is 13.1. The van der Waals surface area contributed by atoms with Crippen molar-refractivity contribution >= 4 is 29.2 Å². The molecule has 7 heteroatoms. The van der Waals surface area contributed by atoms with Crippen molar-refractivity contribution < 1.29 is 9.18 Å². The second-order valence-corrected chi connectivity index (χ2v) is 8.50. The number of piperidine rings is 1. The number of benzene rings is 2. The first kappa shape index (κ1) is 21.8. The highest BCUT2D eigenvalue weighted by atomic mass is 35.5. The van der Waals surface area contributed by atoms with E-state index in [1.807, 2.05) is 46.0 Å². The third kappa shape index (κ3) is 4.60. The van der Waals surface area contributed by atoms with E-state index < -0.39 is 0 Å². The Morgan fingerprint density at radius 3 is 2.48 bits per heavy atom. The number of hydrogen-bond acceptors (Lipinski definition) is 3. The van der Waals surface area contributed by atoms with Crippen LogP contribution in [0.2, 0.25) is 0 Å². The number of halogens is 2. The van der Waals surface area contributed by atoms with Gasteiger partial charge in [0.1, 0.15) is 11.5 Å². The zero-order valence-corrected chi connectivity index (χ0v) is 18.4. The summed E-state index contributed by atoms with van der Waals surface area (Å²) >= 11 is 0. The highest BCUT2D eigenvalue weighted by Gasteiger charge is 2.30. The van der Waals surface area contributed by atoms with Crippen LogP contribution in [0.4, 0.5) is 4.39 Å². The van der Waals surface area contributed by atoms with Crippen LogP contribution in [-0.4, -0.2) is 58.2 Å². The quantitative estimate of drug-likeness (QED) is 0.599. The number of carbonyl (C=O) groups is 1. The number of aromatic nitrogens is 2. The molecule has 0 bridgehead atoms. The van der Waals surface area contributed by atoms with Crippen LogP contribution in [0.1, 0.15) is 28.9 Å². The predicted octanol–water partition coefficient (Wildman–Crippen LogP) is 4.01. The normalized spacial score (nSPS) is 17.6. The van der Waals surface area contributed by atoms with Crippen molar-refractivity contribution in [1.29, 1.82) is 0 Å². The van der Waals surface area contributed by atoms with Gasteiger partial charge < -0.3 is 9.80 Å². The lowest BCUT2D eigenvalue weighted by atomic mass is 9.95. The number of fused-ring (bicyclic) bond motifs is 3. The second kappa shape index (κ2) is 9.37. The minimum Gasteiger partial charge on any atom is -0.335 e. The molecule has 1 amide bonds. The van der Waals surface area contributed by atoms with Crippen molar-refractivity contribution in [2.24, 2.45) is 5.92 Å². The van der Waals surface area contributed by atoms with Gasteiger partial charge in [-0.2, -0.15) is 5.10 Å². The van der Waals surface area contributed by atoms with Crippen molar-refractivity contribution in [3.8, 4) is 0 Å². The van der Waals surface area contributed by atoms with E-state index in [1.165, 1.54) is 17.7 Å². The molecule has 5 nitrogen and oxygen atoms in total. The summed E-state index contributed by atoms with van der Waals surface area (Å²) < 4.78 is 14.9. The minimum atomic E-state index is -0.178. The molecule has 0 radical (unpaired) electrons. The van der Waals surface area contributed by atoms with E-state index in [0.717, 1.165) is 75.1 Å². The molecular weight excluding hydrogens is 415 g/mol. The summed E-state index contributed by atoms with van der Waals surface area (Å²) in [6.07, 6.45) is 3.19. The van der Waals surface area contributed by atoms with Gasteiger partial charge >= 0.3 is 0 Å². The largest absolute Gasteiger partial charge is 0.335 e. The summed E-state index contributed by atoms with van der Waals surface area (Å²) in [7, 11) is 0. The fourth-order valence-electron chi connectivity index (χ4n) is 4.75. The number of carbonyl (C=O) groups excluding carboxylic acids is 1. The molecule has 1 saturated heterocycles. The Kier molecular flexibility index (Phi) is 6.58. The van der Waals surface area contributed by atoms with E-state index in [-0.39, 0.29) is 24.1 Å². The molecule has 0 spiro atoms. The van der Waals surface area contributed by atoms with Crippen LogP contribution >= 0.6 is 12.4 Å². The molecule has 3 heterocycles. The molecule has 0 N–H and O–H groups in total. The number of amides is 1. The van der Waals surface area contributed by atoms with E-state index in [2.05, 4.69) is 10.00 Å². The van der Waals surface area contributed by atoms with Crippen molar-refractivity contribution in [3.05, 3.63) is 65.6 Å². The minimum absolute atomic E-state index is 0. The Balaban J connectivity index is 0.00000231. The molecule has 31 heavy (non-hydrogen) atoms. The Labute approximate surface area is 188 Å². The zero-order chi connectivity index (χ0) is 20.5. The first-order chi connectivity index (χ1) is 14.7. The molecule has 164 valence electrons. The van der Waals surface area contributed by atoms with Gasteiger partial charge in [-0.1, -0.05) is 30.3 Å². The molecule has 2 aliphatic rings. The smallest absolute Gasteiger partial charge is 0.272 e. The Morgan fingerprint density at radius 1 is 0.968 bits per heavy atom. The Hall–Kier alpha value is -2.44. The molecule has 5 rings (SSSR count). The Morgan fingerprint density at radius 2 is 1.71 bits per heavy atom. The van der Waals surface area contributed by atoms with Gasteiger partial charge in [-0.25, -0.2) is 4.39 Å². The molecule has 0 unspecified atom stereocenters. The van der Waals surface area contributed by atoms with Crippen LogP contribution in [0.3, 0.4) is 0 Å². The highest BCUT2D eigenvalue weighted by molar-refractivity contribution is 6.05. The van der Waals surface area contributed by atoms with Gasteiger partial charge in [-0.05, 0) is 62.0 Å². The van der Waals surface area contributed by atoms with E-state index in [1.54, 1.807) is 0 Å². The molecule has 0 atom stereocenters. The van der Waals surface area contributed by atoms with Gasteiger partial charge in [0.05, 0.1) is 12.1 Å². The SMILES string of the molecule is Cl.O=C1c2c3ccccc3nn2CCN1CC1CCN(CCc2ccc(F)cc2)CC1. The van der Waals surface area contributed by atoms with Crippen molar-refractivity contribution in [2.75, 3.05) is 32.7 Å². The Bertz CT molecular complexity index is 1040.